The molecule has 16 heavy (non-hydrogen) atoms. The zero-order valence-electron chi connectivity index (χ0n) is 6.66. The van der Waals surface area contributed by atoms with Crippen molar-refractivity contribution in [2.45, 2.75) is 16.8 Å². The summed E-state index contributed by atoms with van der Waals surface area (Å²) in [6.45, 7) is 0. The van der Waals surface area contributed by atoms with Crippen LogP contribution in [0.2, 0.25) is 0 Å². The highest BCUT2D eigenvalue weighted by molar-refractivity contribution is 6.81. The molecule has 0 aromatic carbocycles. The quantitative estimate of drug-likeness (QED) is 0.404. The number of hydrogen-bond donors (Lipinski definition) is 0. The fourth-order valence-electron chi connectivity index (χ4n) is 0.647. The highest BCUT2D eigenvalue weighted by Gasteiger charge is 2.72. The van der Waals surface area contributed by atoms with Gasteiger partial charge in [-0.3, -0.25) is 0 Å². The van der Waals surface area contributed by atoms with Crippen LogP contribution < -0.4 is 0 Å². The molecule has 97 valence electrons. The van der Waals surface area contributed by atoms with Crippen molar-refractivity contribution < 1.29 is 0 Å². The Hall–Kier alpha value is 3.19. The predicted molar refractivity (Wildman–Crippen MR) is 78.5 cm³/mol. The molecule has 0 saturated heterocycles. The van der Waals surface area contributed by atoms with Crippen molar-refractivity contribution >= 4 is 128 Å². The monoisotopic (exact) mass is 445 g/mol. The minimum atomic E-state index is -2.41. The van der Waals surface area contributed by atoms with Crippen LogP contribution in [0.25, 0.3) is 0 Å². The molecule has 0 aromatic rings. The van der Waals surface area contributed by atoms with Crippen LogP contribution in [0.3, 0.4) is 0 Å². The van der Waals surface area contributed by atoms with Crippen molar-refractivity contribution in [3.63, 3.8) is 0 Å². The van der Waals surface area contributed by atoms with E-state index in [1.54, 1.807) is 0 Å². The van der Waals surface area contributed by atoms with Crippen molar-refractivity contribution in [3.05, 3.63) is 4.84 Å². The molecular formula is C5Cl11. The molecule has 1 radical (unpaired) electrons. The van der Waals surface area contributed by atoms with E-state index in [1.165, 1.54) is 0 Å². The van der Waals surface area contributed by atoms with E-state index in [0.717, 1.165) is 0 Å². The lowest BCUT2D eigenvalue weighted by Crippen LogP contribution is -2.61. The summed E-state index contributed by atoms with van der Waals surface area (Å²) in [5, 5.41) is 0. The largest absolute Gasteiger partial charge is 0.216 e. The number of hydrogen-bond acceptors (Lipinski definition) is 0. The Morgan fingerprint density at radius 3 is 0.875 bits per heavy atom. The van der Waals surface area contributed by atoms with Gasteiger partial charge in [0.1, 0.15) is 0 Å². The summed E-state index contributed by atoms with van der Waals surface area (Å²) >= 11 is 62.0. The molecule has 0 bridgehead atoms. The van der Waals surface area contributed by atoms with Crippen LogP contribution in [0.5, 0.6) is 0 Å². The van der Waals surface area contributed by atoms with Gasteiger partial charge in [-0.15, -0.1) is 11.6 Å². The number of alkyl halides is 9. The van der Waals surface area contributed by atoms with Crippen molar-refractivity contribution in [2.75, 3.05) is 0 Å². The summed E-state index contributed by atoms with van der Waals surface area (Å²) in [7, 11) is 0. The van der Waals surface area contributed by atoms with Gasteiger partial charge in [-0.2, -0.15) is 0 Å². The smallest absolute Gasteiger partial charge is 0.106 e. The fraction of sp³-hybridized carbons (Fsp3) is 0.800. The molecule has 0 aliphatic heterocycles. The summed E-state index contributed by atoms with van der Waals surface area (Å²) in [6.07, 6.45) is 0. The van der Waals surface area contributed by atoms with Crippen LogP contribution >= 0.6 is 128 Å². The van der Waals surface area contributed by atoms with Gasteiger partial charge >= 0.3 is 0 Å². The lowest BCUT2D eigenvalue weighted by atomic mass is 10.1. The van der Waals surface area contributed by atoms with Crippen LogP contribution in [-0.2, 0) is 0 Å². The second-order valence-corrected chi connectivity index (χ2v) is 9.89. The normalized spacial score (nSPS) is 15.8. The predicted octanol–water partition coefficient (Wildman–Crippen LogP) is 6.85. The minimum absolute atomic E-state index is 0.636. The molecule has 0 atom stereocenters. The Morgan fingerprint density at radius 2 is 0.812 bits per heavy atom. The van der Waals surface area contributed by atoms with E-state index in [4.69, 9.17) is 128 Å². The topological polar surface area (TPSA) is 0 Å². The first kappa shape index (κ1) is 19.2. The molecule has 0 saturated carbocycles. The van der Waals surface area contributed by atoms with Crippen LogP contribution in [-0.4, -0.2) is 16.8 Å². The zero-order valence-corrected chi connectivity index (χ0v) is 15.0. The minimum Gasteiger partial charge on any atom is -0.106 e. The maximum absolute atomic E-state index is 5.93. The maximum atomic E-state index is 5.93. The zero-order chi connectivity index (χ0) is 13.6. The Morgan fingerprint density at radius 1 is 0.562 bits per heavy atom. The molecule has 0 heterocycles. The van der Waals surface area contributed by atoms with E-state index in [-0.39, 0.29) is 0 Å². The molecule has 11 heteroatoms. The van der Waals surface area contributed by atoms with Crippen LogP contribution in [0.4, 0.5) is 0 Å². The van der Waals surface area contributed by atoms with Gasteiger partial charge in [-0.05, 0) is 0 Å². The third-order valence-electron chi connectivity index (χ3n) is 1.45. The van der Waals surface area contributed by atoms with Gasteiger partial charge in [0, 0.05) is 0 Å². The lowest BCUT2D eigenvalue weighted by Gasteiger charge is -2.46. The van der Waals surface area contributed by atoms with Crippen LogP contribution in [0, 0.1) is 4.84 Å². The van der Waals surface area contributed by atoms with Crippen LogP contribution in [0.1, 0.15) is 0 Å². The summed E-state index contributed by atoms with van der Waals surface area (Å²) in [4.78, 5) is -3.05. The van der Waals surface area contributed by atoms with E-state index < -0.39 is 21.6 Å². The average Bonchev–Trinajstić information content (AvgIpc) is 1.97. The first-order chi connectivity index (χ1) is 6.69. The first-order valence-electron chi connectivity index (χ1n) is 3.08. The standard InChI is InChI=1S/C5Cl11/c6-1(7)2(8,9)3(10,4(11,12)13)5(14,15)16. The Labute approximate surface area is 148 Å². The van der Waals surface area contributed by atoms with Crippen molar-refractivity contribution in [2.24, 2.45) is 0 Å². The first-order valence-corrected chi connectivity index (χ1v) is 7.24. The van der Waals surface area contributed by atoms with Gasteiger partial charge < -0.3 is 0 Å². The van der Waals surface area contributed by atoms with Gasteiger partial charge in [0.15, 0.2) is 14.0 Å². The van der Waals surface area contributed by atoms with Crippen molar-refractivity contribution in [1.29, 1.82) is 0 Å². The Kier molecular flexibility index (Phi) is 7.07. The van der Waals surface area contributed by atoms with E-state index in [2.05, 4.69) is 0 Å². The van der Waals surface area contributed by atoms with Crippen molar-refractivity contribution in [3.8, 4) is 0 Å². The van der Waals surface area contributed by atoms with Gasteiger partial charge in [0.25, 0.3) is 0 Å². The van der Waals surface area contributed by atoms with Crippen molar-refractivity contribution in [1.82, 2.24) is 0 Å². The molecule has 0 aromatic heterocycles. The third-order valence-corrected chi connectivity index (χ3v) is 6.68. The second-order valence-electron chi connectivity index (χ2n) is 2.49. The van der Waals surface area contributed by atoms with Crippen LogP contribution in [0.15, 0.2) is 0 Å². The average molecular weight is 450 g/mol. The molecular weight excluding hydrogens is 450 g/mol. The maximum Gasteiger partial charge on any atom is 0.216 e. The third kappa shape index (κ3) is 3.44. The Balaban J connectivity index is 5.81. The highest BCUT2D eigenvalue weighted by Crippen LogP contribution is 2.66. The molecule has 0 rings (SSSR count). The summed E-state index contributed by atoms with van der Waals surface area (Å²) in [5.74, 6) is 0. The molecule has 0 aliphatic carbocycles. The Bertz CT molecular complexity index is 230. The number of halogens is 11. The van der Waals surface area contributed by atoms with Gasteiger partial charge in [-0.25, -0.2) is 0 Å². The lowest BCUT2D eigenvalue weighted by molar-refractivity contribution is 0.561. The van der Waals surface area contributed by atoms with Gasteiger partial charge in [0.05, 0.1) is 0 Å². The molecule has 0 spiro atoms. The highest BCUT2D eigenvalue weighted by atomic mass is 35.6. The molecule has 0 amide bonds. The van der Waals surface area contributed by atoms with Gasteiger partial charge in [0.2, 0.25) is 7.59 Å². The van der Waals surface area contributed by atoms with E-state index in [0.29, 0.717) is 0 Å². The molecule has 0 unspecified atom stereocenters. The fourth-order valence-corrected chi connectivity index (χ4v) is 4.41. The van der Waals surface area contributed by atoms with E-state index >= 15 is 0 Å². The SMILES string of the molecule is Cl[C](Cl)C(Cl)(Cl)C(Cl)(C(Cl)(Cl)Cl)C(Cl)(Cl)Cl. The van der Waals surface area contributed by atoms with Gasteiger partial charge in [-0.1, -0.05) is 116 Å². The molecule has 0 fully saturated rings. The van der Waals surface area contributed by atoms with E-state index in [9.17, 15) is 0 Å². The number of rotatable bonds is 2. The summed E-state index contributed by atoms with van der Waals surface area (Å²) < 4.78 is -7.04. The molecule has 0 N–H and O–H groups in total. The molecule has 0 nitrogen and oxygen atoms in total. The second kappa shape index (κ2) is 5.90. The summed E-state index contributed by atoms with van der Waals surface area (Å²) in [5.41, 5.74) is 0. The summed E-state index contributed by atoms with van der Waals surface area (Å²) in [6, 6.07) is 0. The van der Waals surface area contributed by atoms with E-state index in [1.807, 2.05) is 0 Å². The molecule has 0 aliphatic rings.